The predicted octanol–water partition coefficient (Wildman–Crippen LogP) is 2.93. The summed E-state index contributed by atoms with van der Waals surface area (Å²) < 4.78 is 1.84. The zero-order chi connectivity index (χ0) is 9.84. The second-order valence-corrected chi connectivity index (χ2v) is 5.88. The molecule has 1 N–H and O–H groups in total. The number of hydrogen-bond donors (Lipinski definition) is 2. The molecule has 0 atom stereocenters. The van der Waals surface area contributed by atoms with Gasteiger partial charge in [-0.2, -0.15) is 12.6 Å². The van der Waals surface area contributed by atoms with Crippen LogP contribution in [-0.2, 0) is 0 Å². The van der Waals surface area contributed by atoms with Gasteiger partial charge in [0.05, 0.1) is 8.66 Å². The van der Waals surface area contributed by atoms with Gasteiger partial charge in [0, 0.05) is 16.8 Å². The van der Waals surface area contributed by atoms with Gasteiger partial charge in [0.25, 0.3) is 5.91 Å². The van der Waals surface area contributed by atoms with Crippen LogP contribution < -0.4 is 5.32 Å². The molecule has 0 unspecified atom stereocenters. The van der Waals surface area contributed by atoms with Gasteiger partial charge >= 0.3 is 0 Å². The lowest BCUT2D eigenvalue weighted by molar-refractivity contribution is 0.0960. The molecule has 0 aliphatic carbocycles. The Bertz CT molecular complexity index is 294. The van der Waals surface area contributed by atoms with Gasteiger partial charge in [-0.1, -0.05) is 0 Å². The molecule has 0 saturated carbocycles. The van der Waals surface area contributed by atoms with Gasteiger partial charge in [-0.3, -0.25) is 4.79 Å². The van der Waals surface area contributed by atoms with E-state index in [0.717, 1.165) is 8.26 Å². The van der Waals surface area contributed by atoms with Crippen molar-refractivity contribution >= 4 is 61.7 Å². The zero-order valence-electron chi connectivity index (χ0n) is 6.51. The van der Waals surface area contributed by atoms with Gasteiger partial charge < -0.3 is 5.32 Å². The largest absolute Gasteiger partial charge is 0.351 e. The van der Waals surface area contributed by atoms with E-state index in [1.54, 1.807) is 6.07 Å². The number of amides is 1. The topological polar surface area (TPSA) is 29.1 Å². The first-order valence-corrected chi connectivity index (χ1v) is 6.52. The van der Waals surface area contributed by atoms with Crippen LogP contribution in [0.25, 0.3) is 0 Å². The summed E-state index contributed by atoms with van der Waals surface area (Å²) >= 11 is 12.1. The van der Waals surface area contributed by atoms with Crippen molar-refractivity contribution < 1.29 is 4.79 Å². The lowest BCUT2D eigenvalue weighted by Crippen LogP contribution is -2.24. The zero-order valence-corrected chi connectivity index (χ0v) is 11.4. The van der Waals surface area contributed by atoms with Crippen molar-refractivity contribution in [3.63, 3.8) is 0 Å². The standard InChI is InChI=1S/C7H7Br2NOS2/c8-4-3-5(13-6(4)9)7(11)10-1-2-12/h3,12H,1-2H2,(H,10,11). The summed E-state index contributed by atoms with van der Waals surface area (Å²) in [6.45, 7) is 0.592. The van der Waals surface area contributed by atoms with Crippen LogP contribution in [0.3, 0.4) is 0 Å². The van der Waals surface area contributed by atoms with E-state index in [1.807, 2.05) is 0 Å². The number of carbonyl (C=O) groups excluding carboxylic acids is 1. The molecule has 1 heterocycles. The molecule has 1 rings (SSSR count). The van der Waals surface area contributed by atoms with E-state index in [4.69, 9.17) is 0 Å². The normalized spacial score (nSPS) is 10.1. The van der Waals surface area contributed by atoms with Crippen LogP contribution in [0.1, 0.15) is 9.67 Å². The lowest BCUT2D eigenvalue weighted by atomic mass is 10.4. The second-order valence-electron chi connectivity index (χ2n) is 2.21. The number of thiophene rings is 1. The number of thiol groups is 1. The fourth-order valence-electron chi connectivity index (χ4n) is 0.715. The van der Waals surface area contributed by atoms with Crippen LogP contribution in [-0.4, -0.2) is 18.2 Å². The van der Waals surface area contributed by atoms with Crippen molar-refractivity contribution in [1.82, 2.24) is 5.32 Å². The molecule has 2 nitrogen and oxygen atoms in total. The molecule has 1 amide bonds. The average molecular weight is 345 g/mol. The van der Waals surface area contributed by atoms with Crippen molar-refractivity contribution in [3.8, 4) is 0 Å². The van der Waals surface area contributed by atoms with Crippen molar-refractivity contribution in [2.24, 2.45) is 0 Å². The molecule has 72 valence electrons. The van der Waals surface area contributed by atoms with Gasteiger partial charge in [-0.15, -0.1) is 11.3 Å². The van der Waals surface area contributed by atoms with Crippen LogP contribution in [0.5, 0.6) is 0 Å². The minimum absolute atomic E-state index is 0.0505. The van der Waals surface area contributed by atoms with Crippen molar-refractivity contribution in [3.05, 3.63) is 19.2 Å². The van der Waals surface area contributed by atoms with E-state index >= 15 is 0 Å². The maximum absolute atomic E-state index is 11.4. The van der Waals surface area contributed by atoms with E-state index in [9.17, 15) is 4.79 Å². The Morgan fingerprint density at radius 1 is 1.62 bits per heavy atom. The minimum atomic E-state index is -0.0505. The average Bonchev–Trinajstić information content (AvgIpc) is 2.43. The third kappa shape index (κ3) is 3.27. The highest BCUT2D eigenvalue weighted by Gasteiger charge is 2.10. The van der Waals surface area contributed by atoms with Gasteiger partial charge in [0.2, 0.25) is 0 Å². The molecule has 0 aliphatic heterocycles. The molecule has 1 aromatic rings. The molecule has 1 aromatic heterocycles. The van der Waals surface area contributed by atoms with E-state index in [0.29, 0.717) is 17.2 Å². The van der Waals surface area contributed by atoms with Crippen molar-refractivity contribution in [2.45, 2.75) is 0 Å². The van der Waals surface area contributed by atoms with Gasteiger partial charge in [0.1, 0.15) is 0 Å². The Kier molecular flexibility index (Phi) is 4.78. The summed E-state index contributed by atoms with van der Waals surface area (Å²) in [6.07, 6.45) is 0. The van der Waals surface area contributed by atoms with E-state index in [2.05, 4.69) is 49.8 Å². The first kappa shape index (κ1) is 11.6. The summed E-state index contributed by atoms with van der Waals surface area (Å²) in [7, 11) is 0. The van der Waals surface area contributed by atoms with Crippen molar-refractivity contribution in [1.29, 1.82) is 0 Å². The summed E-state index contributed by atoms with van der Waals surface area (Å²) in [4.78, 5) is 12.1. The molecule has 13 heavy (non-hydrogen) atoms. The van der Waals surface area contributed by atoms with E-state index in [1.165, 1.54) is 11.3 Å². The van der Waals surface area contributed by atoms with Crippen LogP contribution in [0.2, 0.25) is 0 Å². The predicted molar refractivity (Wildman–Crippen MR) is 65.9 cm³/mol. The maximum atomic E-state index is 11.4. The number of nitrogens with one attached hydrogen (secondary N) is 1. The van der Waals surface area contributed by atoms with E-state index in [-0.39, 0.29) is 5.91 Å². The third-order valence-corrected chi connectivity index (χ3v) is 4.74. The smallest absolute Gasteiger partial charge is 0.261 e. The fraction of sp³-hybridized carbons (Fsp3) is 0.286. The summed E-state index contributed by atoms with van der Waals surface area (Å²) in [5, 5.41) is 2.74. The molecule has 0 aliphatic rings. The monoisotopic (exact) mass is 343 g/mol. The third-order valence-electron chi connectivity index (χ3n) is 1.27. The van der Waals surface area contributed by atoms with Crippen molar-refractivity contribution in [2.75, 3.05) is 12.3 Å². The first-order chi connectivity index (χ1) is 6.15. The molecule has 6 heteroatoms. The Labute approximate surface area is 103 Å². The molecule has 0 saturated heterocycles. The highest BCUT2D eigenvalue weighted by molar-refractivity contribution is 9.13. The second kappa shape index (κ2) is 5.38. The first-order valence-electron chi connectivity index (χ1n) is 3.49. The van der Waals surface area contributed by atoms with Gasteiger partial charge in [-0.25, -0.2) is 0 Å². The molecule has 0 aromatic carbocycles. The molecule has 0 radical (unpaired) electrons. The lowest BCUT2D eigenvalue weighted by Gasteiger charge is -1.98. The molecule has 0 spiro atoms. The highest BCUT2D eigenvalue weighted by atomic mass is 79.9. The molecule has 0 fully saturated rings. The Morgan fingerprint density at radius 3 is 2.77 bits per heavy atom. The molecular formula is C7H7Br2NOS2. The van der Waals surface area contributed by atoms with Crippen LogP contribution in [0, 0.1) is 0 Å². The molecule has 0 bridgehead atoms. The number of hydrogen-bond acceptors (Lipinski definition) is 3. The summed E-state index contributed by atoms with van der Waals surface area (Å²) in [5.74, 6) is 0.602. The maximum Gasteiger partial charge on any atom is 0.261 e. The fourth-order valence-corrected chi connectivity index (χ4v) is 2.78. The SMILES string of the molecule is O=C(NCCS)c1cc(Br)c(Br)s1. The van der Waals surface area contributed by atoms with Gasteiger partial charge in [0.15, 0.2) is 0 Å². The van der Waals surface area contributed by atoms with Crippen LogP contribution in [0.15, 0.2) is 14.3 Å². The number of halogens is 2. The Morgan fingerprint density at radius 2 is 2.31 bits per heavy atom. The quantitative estimate of drug-likeness (QED) is 0.811. The Hall–Kier alpha value is 0.480. The number of carbonyl (C=O) groups is 1. The molecular weight excluding hydrogens is 338 g/mol. The minimum Gasteiger partial charge on any atom is -0.351 e. The summed E-state index contributed by atoms with van der Waals surface area (Å²) in [6, 6.07) is 1.79. The van der Waals surface area contributed by atoms with Crippen LogP contribution in [0.4, 0.5) is 0 Å². The highest BCUT2D eigenvalue weighted by Crippen LogP contribution is 2.32. The van der Waals surface area contributed by atoms with Gasteiger partial charge in [-0.05, 0) is 37.9 Å². The number of rotatable bonds is 3. The Balaban J connectivity index is 2.66. The van der Waals surface area contributed by atoms with Crippen LogP contribution >= 0.6 is 55.8 Å². The summed E-state index contributed by atoms with van der Waals surface area (Å²) in [5.41, 5.74) is 0. The van der Waals surface area contributed by atoms with E-state index < -0.39 is 0 Å².